The summed E-state index contributed by atoms with van der Waals surface area (Å²) >= 11 is 0. The van der Waals surface area contributed by atoms with Crippen LogP contribution in [0.3, 0.4) is 0 Å². The summed E-state index contributed by atoms with van der Waals surface area (Å²) in [5.41, 5.74) is 0.890. The lowest BCUT2D eigenvalue weighted by atomic mass is 10.0. The molecular formula is C21H30N4O5S. The van der Waals surface area contributed by atoms with Gasteiger partial charge in [0.1, 0.15) is 0 Å². The van der Waals surface area contributed by atoms with Crippen LogP contribution in [0.5, 0.6) is 0 Å². The Balaban J connectivity index is 1.48. The summed E-state index contributed by atoms with van der Waals surface area (Å²) in [6, 6.07) is 6.40. The minimum atomic E-state index is -3.36. The van der Waals surface area contributed by atoms with Gasteiger partial charge >= 0.3 is 0 Å². The normalized spacial score (nSPS) is 20.3. The zero-order valence-electron chi connectivity index (χ0n) is 18.1. The summed E-state index contributed by atoms with van der Waals surface area (Å²) in [5, 5.41) is 3.05. The number of rotatable bonds is 6. The van der Waals surface area contributed by atoms with E-state index in [0.29, 0.717) is 43.7 Å². The fourth-order valence-electron chi connectivity index (χ4n) is 4.03. The molecule has 3 amide bonds. The van der Waals surface area contributed by atoms with Gasteiger partial charge in [-0.25, -0.2) is 8.42 Å². The van der Waals surface area contributed by atoms with Gasteiger partial charge in [-0.3, -0.25) is 19.1 Å². The average Bonchev–Trinajstić information content (AvgIpc) is 3.10. The average molecular weight is 451 g/mol. The van der Waals surface area contributed by atoms with Crippen LogP contribution in [0.4, 0.5) is 5.69 Å². The molecule has 2 saturated heterocycles. The highest BCUT2D eigenvalue weighted by Gasteiger charge is 2.36. The Labute approximate surface area is 183 Å². The van der Waals surface area contributed by atoms with Crippen molar-refractivity contribution < 1.29 is 22.8 Å². The molecule has 1 aromatic carbocycles. The predicted octanol–water partition coefficient (Wildman–Crippen LogP) is 1.04. The minimum absolute atomic E-state index is 0.0129. The molecule has 0 spiro atoms. The van der Waals surface area contributed by atoms with Crippen molar-refractivity contribution in [3.8, 4) is 0 Å². The number of amides is 3. The van der Waals surface area contributed by atoms with Gasteiger partial charge in [-0.15, -0.1) is 0 Å². The van der Waals surface area contributed by atoms with Crippen molar-refractivity contribution in [1.29, 1.82) is 0 Å². The standard InChI is InChI=1S/C21H30N4O5S/c1-14(2)25-13-16(12-19(25)26)20(27)22-17-8-10-24(11-9-17)21(28)15-4-6-18(7-5-15)23-31(3,29)30/h4-7,14,16-17,23H,8-13H2,1-3H3,(H,22,27). The lowest BCUT2D eigenvalue weighted by Crippen LogP contribution is -2.48. The van der Waals surface area contributed by atoms with Gasteiger partial charge in [-0.2, -0.15) is 0 Å². The zero-order valence-corrected chi connectivity index (χ0v) is 18.9. The zero-order chi connectivity index (χ0) is 22.8. The van der Waals surface area contributed by atoms with Gasteiger partial charge in [0.05, 0.1) is 12.2 Å². The summed E-state index contributed by atoms with van der Waals surface area (Å²) in [6.45, 7) is 5.40. The van der Waals surface area contributed by atoms with Gasteiger partial charge < -0.3 is 15.1 Å². The number of hydrogen-bond acceptors (Lipinski definition) is 5. The van der Waals surface area contributed by atoms with Crippen LogP contribution in [-0.2, 0) is 19.6 Å². The quantitative estimate of drug-likeness (QED) is 0.672. The number of hydrogen-bond donors (Lipinski definition) is 2. The van der Waals surface area contributed by atoms with Crippen molar-refractivity contribution >= 4 is 33.4 Å². The van der Waals surface area contributed by atoms with E-state index in [1.54, 1.807) is 34.1 Å². The van der Waals surface area contributed by atoms with Gasteiger partial charge in [0.2, 0.25) is 21.8 Å². The second-order valence-electron chi connectivity index (χ2n) is 8.57. The number of nitrogens with zero attached hydrogens (tertiary/aromatic N) is 2. The topological polar surface area (TPSA) is 116 Å². The monoisotopic (exact) mass is 450 g/mol. The van der Waals surface area contributed by atoms with Crippen LogP contribution in [0.25, 0.3) is 0 Å². The van der Waals surface area contributed by atoms with Gasteiger partial charge in [0.25, 0.3) is 5.91 Å². The summed E-state index contributed by atoms with van der Waals surface area (Å²) in [5.74, 6) is -0.498. The largest absolute Gasteiger partial charge is 0.353 e. The van der Waals surface area contributed by atoms with E-state index in [-0.39, 0.29) is 42.1 Å². The lowest BCUT2D eigenvalue weighted by Gasteiger charge is -2.33. The van der Waals surface area contributed by atoms with Crippen LogP contribution in [0.15, 0.2) is 24.3 Å². The molecule has 0 radical (unpaired) electrons. The highest BCUT2D eigenvalue weighted by atomic mass is 32.2. The Bertz CT molecular complexity index is 937. The Morgan fingerprint density at radius 1 is 1.10 bits per heavy atom. The molecule has 1 unspecified atom stereocenters. The number of nitrogens with one attached hydrogen (secondary N) is 2. The van der Waals surface area contributed by atoms with Crippen LogP contribution in [0.2, 0.25) is 0 Å². The molecule has 170 valence electrons. The smallest absolute Gasteiger partial charge is 0.253 e. The molecule has 10 heteroatoms. The van der Waals surface area contributed by atoms with Crippen LogP contribution in [0, 0.1) is 5.92 Å². The highest BCUT2D eigenvalue weighted by molar-refractivity contribution is 7.92. The molecule has 9 nitrogen and oxygen atoms in total. The number of benzene rings is 1. The second kappa shape index (κ2) is 9.25. The number of carbonyl (C=O) groups excluding carboxylic acids is 3. The van der Waals surface area contributed by atoms with E-state index < -0.39 is 10.0 Å². The summed E-state index contributed by atoms with van der Waals surface area (Å²) < 4.78 is 24.9. The first kappa shape index (κ1) is 23.1. The van der Waals surface area contributed by atoms with Crippen LogP contribution in [0.1, 0.15) is 43.5 Å². The van der Waals surface area contributed by atoms with Crippen molar-refractivity contribution in [2.45, 2.75) is 45.2 Å². The van der Waals surface area contributed by atoms with Crippen molar-refractivity contribution in [3.63, 3.8) is 0 Å². The molecule has 0 aliphatic carbocycles. The lowest BCUT2D eigenvalue weighted by molar-refractivity contribution is -0.130. The van der Waals surface area contributed by atoms with Gasteiger partial charge in [0, 0.05) is 49.4 Å². The third-order valence-electron chi connectivity index (χ3n) is 5.72. The predicted molar refractivity (Wildman–Crippen MR) is 117 cm³/mol. The Morgan fingerprint density at radius 2 is 1.71 bits per heavy atom. The first-order valence-electron chi connectivity index (χ1n) is 10.5. The third kappa shape index (κ3) is 5.96. The SMILES string of the molecule is CC(C)N1CC(C(=O)NC2CCN(C(=O)c3ccc(NS(C)(=O)=O)cc3)CC2)CC1=O. The molecule has 2 fully saturated rings. The van der Waals surface area contributed by atoms with Crippen LogP contribution >= 0.6 is 0 Å². The van der Waals surface area contributed by atoms with E-state index in [9.17, 15) is 22.8 Å². The van der Waals surface area contributed by atoms with Gasteiger partial charge in [-0.1, -0.05) is 0 Å². The second-order valence-corrected chi connectivity index (χ2v) is 10.3. The van der Waals surface area contributed by atoms with Gasteiger partial charge in [0.15, 0.2) is 0 Å². The van der Waals surface area contributed by atoms with Crippen LogP contribution < -0.4 is 10.0 Å². The minimum Gasteiger partial charge on any atom is -0.353 e. The molecule has 2 aliphatic rings. The van der Waals surface area contributed by atoms with E-state index in [0.717, 1.165) is 6.26 Å². The van der Waals surface area contributed by atoms with Crippen molar-refractivity contribution in [3.05, 3.63) is 29.8 Å². The van der Waals surface area contributed by atoms with Gasteiger partial charge in [-0.05, 0) is 51.0 Å². The summed E-state index contributed by atoms with van der Waals surface area (Å²) in [4.78, 5) is 40.8. The van der Waals surface area contributed by atoms with Crippen LogP contribution in [-0.4, -0.2) is 73.9 Å². The molecule has 1 atom stereocenters. The molecule has 0 aromatic heterocycles. The van der Waals surface area contributed by atoms with E-state index >= 15 is 0 Å². The fraction of sp³-hybridized carbons (Fsp3) is 0.571. The first-order chi connectivity index (χ1) is 14.5. The Kier molecular flexibility index (Phi) is 6.88. The summed E-state index contributed by atoms with van der Waals surface area (Å²) in [6.07, 6.45) is 2.63. The maximum Gasteiger partial charge on any atom is 0.253 e. The summed E-state index contributed by atoms with van der Waals surface area (Å²) in [7, 11) is -3.36. The molecule has 2 N–H and O–H groups in total. The molecule has 31 heavy (non-hydrogen) atoms. The molecule has 0 saturated carbocycles. The van der Waals surface area contributed by atoms with E-state index in [1.165, 1.54) is 0 Å². The number of carbonyl (C=O) groups is 3. The van der Waals surface area contributed by atoms with E-state index in [2.05, 4.69) is 10.0 Å². The first-order valence-corrected chi connectivity index (χ1v) is 12.4. The number of sulfonamides is 1. The third-order valence-corrected chi connectivity index (χ3v) is 6.32. The van der Waals surface area contributed by atoms with Crippen molar-refractivity contribution in [2.24, 2.45) is 5.92 Å². The van der Waals surface area contributed by atoms with Crippen molar-refractivity contribution in [2.75, 3.05) is 30.6 Å². The maximum atomic E-state index is 12.7. The Morgan fingerprint density at radius 3 is 2.23 bits per heavy atom. The molecule has 0 bridgehead atoms. The molecule has 2 heterocycles. The molecule has 1 aromatic rings. The van der Waals surface area contributed by atoms with E-state index in [1.807, 2.05) is 13.8 Å². The van der Waals surface area contributed by atoms with Crippen molar-refractivity contribution in [1.82, 2.24) is 15.1 Å². The maximum absolute atomic E-state index is 12.7. The molecule has 2 aliphatic heterocycles. The Hall–Kier alpha value is -2.62. The fourth-order valence-corrected chi connectivity index (χ4v) is 4.59. The number of anilines is 1. The molecule has 3 rings (SSSR count). The highest BCUT2D eigenvalue weighted by Crippen LogP contribution is 2.22. The number of piperidine rings is 1. The molecular weight excluding hydrogens is 420 g/mol. The number of likely N-dealkylation sites (tertiary alicyclic amines) is 2. The van der Waals surface area contributed by atoms with E-state index in [4.69, 9.17) is 0 Å².